The van der Waals surface area contributed by atoms with E-state index in [4.69, 9.17) is 28.4 Å². The Balaban J connectivity index is 2.76. The molecule has 6 heteroatoms. The van der Waals surface area contributed by atoms with Crippen LogP contribution in [0.15, 0.2) is 0 Å². The molecule has 6 nitrogen and oxygen atoms in total. The number of rotatable bonds is 7. The summed E-state index contributed by atoms with van der Waals surface area (Å²) < 4.78 is 32.2. The highest BCUT2D eigenvalue weighted by Crippen LogP contribution is 2.29. The van der Waals surface area contributed by atoms with E-state index >= 15 is 0 Å². The molecule has 0 aromatic heterocycles. The molecule has 1 aliphatic heterocycles. The largest absolute Gasteiger partial charge is 0.382 e. The molecule has 5 atom stereocenters. The summed E-state index contributed by atoms with van der Waals surface area (Å²) in [6, 6.07) is 0. The minimum atomic E-state index is -0.454. The van der Waals surface area contributed by atoms with Crippen molar-refractivity contribution in [3.05, 3.63) is 0 Å². The lowest BCUT2D eigenvalue weighted by Crippen LogP contribution is -2.43. The van der Waals surface area contributed by atoms with E-state index in [1.54, 1.807) is 35.5 Å². The molecular formula is C11H22O6. The molecule has 0 unspecified atom stereocenters. The monoisotopic (exact) mass is 250 g/mol. The standard InChI is InChI=1S/C11H22O6/c1-12-6-7(13-2)8-9(14-3)10(15-4)11(16-5)17-8/h7-11H,6H2,1-5H3/t7-,8-,9+,10-,11-/m1/s1. The van der Waals surface area contributed by atoms with Crippen LogP contribution in [0.3, 0.4) is 0 Å². The quantitative estimate of drug-likeness (QED) is 0.636. The van der Waals surface area contributed by atoms with Crippen LogP contribution in [0.4, 0.5) is 0 Å². The molecule has 0 aromatic rings. The van der Waals surface area contributed by atoms with E-state index in [0.29, 0.717) is 6.61 Å². The van der Waals surface area contributed by atoms with Crippen molar-refractivity contribution < 1.29 is 28.4 Å². The molecule has 0 spiro atoms. The van der Waals surface area contributed by atoms with Crippen molar-refractivity contribution in [3.63, 3.8) is 0 Å². The summed E-state index contributed by atoms with van der Waals surface area (Å²) in [6.07, 6.45) is -1.47. The van der Waals surface area contributed by atoms with Crippen molar-refractivity contribution in [2.24, 2.45) is 0 Å². The molecule has 0 N–H and O–H groups in total. The van der Waals surface area contributed by atoms with Gasteiger partial charge in [0.1, 0.15) is 24.4 Å². The third kappa shape index (κ3) is 3.15. The van der Waals surface area contributed by atoms with Crippen LogP contribution in [0, 0.1) is 0 Å². The Morgan fingerprint density at radius 1 is 0.941 bits per heavy atom. The lowest BCUT2D eigenvalue weighted by molar-refractivity contribution is -0.175. The minimum Gasteiger partial charge on any atom is -0.382 e. The van der Waals surface area contributed by atoms with Crippen LogP contribution < -0.4 is 0 Å². The van der Waals surface area contributed by atoms with Crippen LogP contribution in [0.25, 0.3) is 0 Å². The second-order valence-corrected chi connectivity index (χ2v) is 3.83. The van der Waals surface area contributed by atoms with E-state index < -0.39 is 6.29 Å². The zero-order valence-corrected chi connectivity index (χ0v) is 11.0. The van der Waals surface area contributed by atoms with Crippen molar-refractivity contribution >= 4 is 0 Å². The Kier molecular flexibility index (Phi) is 6.32. The number of ether oxygens (including phenoxy) is 6. The van der Waals surface area contributed by atoms with Gasteiger partial charge in [-0.05, 0) is 0 Å². The molecule has 102 valence electrons. The fourth-order valence-corrected chi connectivity index (χ4v) is 2.12. The van der Waals surface area contributed by atoms with Gasteiger partial charge in [0.25, 0.3) is 0 Å². The van der Waals surface area contributed by atoms with Crippen LogP contribution in [0.5, 0.6) is 0 Å². The van der Waals surface area contributed by atoms with Crippen LogP contribution in [0.1, 0.15) is 0 Å². The highest BCUT2D eigenvalue weighted by molar-refractivity contribution is 4.93. The van der Waals surface area contributed by atoms with Crippen LogP contribution in [-0.2, 0) is 28.4 Å². The Hall–Kier alpha value is -0.240. The van der Waals surface area contributed by atoms with E-state index in [1.807, 2.05) is 0 Å². The number of hydrogen-bond acceptors (Lipinski definition) is 6. The van der Waals surface area contributed by atoms with Crippen molar-refractivity contribution in [3.8, 4) is 0 Å². The first-order valence-electron chi connectivity index (χ1n) is 5.49. The fraction of sp³-hybridized carbons (Fsp3) is 1.00. The topological polar surface area (TPSA) is 55.4 Å². The first-order chi connectivity index (χ1) is 8.23. The molecule has 0 amide bonds. The number of methoxy groups -OCH3 is 5. The first kappa shape index (κ1) is 14.8. The molecule has 1 saturated heterocycles. The molecule has 17 heavy (non-hydrogen) atoms. The highest BCUT2D eigenvalue weighted by Gasteiger charge is 2.49. The summed E-state index contributed by atoms with van der Waals surface area (Å²) in [6.45, 7) is 0.424. The summed E-state index contributed by atoms with van der Waals surface area (Å²) in [5, 5.41) is 0. The zero-order chi connectivity index (χ0) is 12.8. The smallest absolute Gasteiger partial charge is 0.186 e. The molecule has 1 rings (SSSR count). The van der Waals surface area contributed by atoms with E-state index in [-0.39, 0.29) is 24.4 Å². The van der Waals surface area contributed by atoms with Gasteiger partial charge in [0.05, 0.1) is 6.61 Å². The predicted molar refractivity (Wildman–Crippen MR) is 59.9 cm³/mol. The average Bonchev–Trinajstić information content (AvgIpc) is 2.73. The molecule has 0 aliphatic carbocycles. The summed E-state index contributed by atoms with van der Waals surface area (Å²) in [4.78, 5) is 0. The van der Waals surface area contributed by atoms with Crippen molar-refractivity contribution in [1.82, 2.24) is 0 Å². The maximum atomic E-state index is 5.75. The highest BCUT2D eigenvalue weighted by atomic mass is 16.7. The van der Waals surface area contributed by atoms with Gasteiger partial charge in [-0.2, -0.15) is 0 Å². The Bertz CT molecular complexity index is 212. The second kappa shape index (κ2) is 7.25. The summed E-state index contributed by atoms with van der Waals surface area (Å²) in [5.41, 5.74) is 0. The molecule has 0 saturated carbocycles. The Morgan fingerprint density at radius 2 is 1.59 bits per heavy atom. The van der Waals surface area contributed by atoms with Crippen molar-refractivity contribution in [2.45, 2.75) is 30.7 Å². The van der Waals surface area contributed by atoms with Gasteiger partial charge in [-0.1, -0.05) is 0 Å². The van der Waals surface area contributed by atoms with E-state index in [0.717, 1.165) is 0 Å². The molecule has 0 aromatic carbocycles. The molecule has 0 bridgehead atoms. The van der Waals surface area contributed by atoms with Gasteiger partial charge in [0.2, 0.25) is 0 Å². The zero-order valence-electron chi connectivity index (χ0n) is 11.0. The van der Waals surface area contributed by atoms with E-state index in [1.165, 1.54) is 0 Å². The van der Waals surface area contributed by atoms with Gasteiger partial charge >= 0.3 is 0 Å². The molecule has 1 heterocycles. The lowest BCUT2D eigenvalue weighted by Gasteiger charge is -2.26. The summed E-state index contributed by atoms with van der Waals surface area (Å²) in [5.74, 6) is 0. The second-order valence-electron chi connectivity index (χ2n) is 3.83. The third-order valence-corrected chi connectivity index (χ3v) is 2.98. The molecule has 0 radical (unpaired) electrons. The number of hydrogen-bond donors (Lipinski definition) is 0. The lowest BCUT2D eigenvalue weighted by atomic mass is 10.1. The van der Waals surface area contributed by atoms with Gasteiger partial charge in [-0.3, -0.25) is 0 Å². The van der Waals surface area contributed by atoms with Gasteiger partial charge in [0.15, 0.2) is 6.29 Å². The van der Waals surface area contributed by atoms with E-state index in [9.17, 15) is 0 Å². The van der Waals surface area contributed by atoms with Crippen LogP contribution in [0.2, 0.25) is 0 Å². The fourth-order valence-electron chi connectivity index (χ4n) is 2.12. The maximum Gasteiger partial charge on any atom is 0.186 e. The minimum absolute atomic E-state index is 0.220. The maximum absolute atomic E-state index is 5.75. The summed E-state index contributed by atoms with van der Waals surface area (Å²) >= 11 is 0. The van der Waals surface area contributed by atoms with Gasteiger partial charge in [0, 0.05) is 35.5 Å². The van der Waals surface area contributed by atoms with Gasteiger partial charge in [-0.25, -0.2) is 0 Å². The van der Waals surface area contributed by atoms with Crippen LogP contribution >= 0.6 is 0 Å². The Labute approximate surface area is 102 Å². The Morgan fingerprint density at radius 3 is 2.00 bits per heavy atom. The van der Waals surface area contributed by atoms with Crippen LogP contribution in [-0.4, -0.2) is 72.9 Å². The molecular weight excluding hydrogens is 228 g/mol. The van der Waals surface area contributed by atoms with Crippen molar-refractivity contribution in [1.29, 1.82) is 0 Å². The normalized spacial score (nSPS) is 35.1. The van der Waals surface area contributed by atoms with Crippen molar-refractivity contribution in [2.75, 3.05) is 42.2 Å². The first-order valence-corrected chi connectivity index (χ1v) is 5.49. The molecule has 1 aliphatic rings. The van der Waals surface area contributed by atoms with Gasteiger partial charge in [-0.15, -0.1) is 0 Å². The molecule has 1 fully saturated rings. The third-order valence-electron chi connectivity index (χ3n) is 2.98. The van der Waals surface area contributed by atoms with Gasteiger partial charge < -0.3 is 28.4 Å². The predicted octanol–water partition coefficient (Wildman–Crippen LogP) is 0.0491. The average molecular weight is 250 g/mol. The van der Waals surface area contributed by atoms with E-state index in [2.05, 4.69) is 0 Å². The summed E-state index contributed by atoms with van der Waals surface area (Å²) in [7, 11) is 8.02. The SMILES string of the molecule is COC[C@@H](OC)[C@H]1O[C@@H](OC)[C@H](OC)[C@H]1OC.